The van der Waals surface area contributed by atoms with Gasteiger partial charge in [0.2, 0.25) is 0 Å². The molecule has 1 heterocycles. The molecule has 0 aromatic heterocycles. The molecule has 1 saturated heterocycles. The largest absolute Gasteiger partial charge is 0.542 e. The molecule has 0 spiro atoms. The standard InChI is InChI=1S/C23H38BrClN2O4Si/c1-21(2,3)30-20(29)27-13-16(12-23(27,7)14-28)26-19-17(24)10-15(25)11-18(19)31-32(8,9)22(4,5)6/h10-11,16,26,28H,12-14H2,1-9H3/t16-,23+/m0/s1. The summed E-state index contributed by atoms with van der Waals surface area (Å²) in [5, 5.41) is 14.2. The van der Waals surface area contributed by atoms with Gasteiger partial charge in [-0.25, -0.2) is 4.79 Å². The molecule has 0 saturated carbocycles. The number of aliphatic hydroxyl groups is 1. The molecule has 0 unspecified atom stereocenters. The van der Waals surface area contributed by atoms with Crippen molar-refractivity contribution in [2.24, 2.45) is 0 Å². The van der Waals surface area contributed by atoms with Crippen LogP contribution in [0.4, 0.5) is 10.5 Å². The van der Waals surface area contributed by atoms with Crippen LogP contribution in [0.5, 0.6) is 5.75 Å². The summed E-state index contributed by atoms with van der Waals surface area (Å²) in [6.07, 6.45) is 0.142. The average molecular weight is 550 g/mol. The number of amides is 1. The SMILES string of the molecule is CC(C)(C)OC(=O)N1C[C@@H](Nc2c(Br)cc(Cl)cc2O[Si](C)(C)C(C)(C)C)C[C@]1(C)CO. The topological polar surface area (TPSA) is 71.0 Å². The Balaban J connectivity index is 2.34. The maximum Gasteiger partial charge on any atom is 0.410 e. The fourth-order valence-electron chi connectivity index (χ4n) is 3.41. The van der Waals surface area contributed by atoms with Gasteiger partial charge in [-0.15, -0.1) is 0 Å². The maximum absolute atomic E-state index is 12.8. The van der Waals surface area contributed by atoms with E-state index in [0.29, 0.717) is 23.7 Å². The van der Waals surface area contributed by atoms with E-state index in [9.17, 15) is 9.90 Å². The van der Waals surface area contributed by atoms with Crippen molar-refractivity contribution in [3.8, 4) is 5.75 Å². The molecule has 1 amide bonds. The van der Waals surface area contributed by atoms with E-state index in [2.05, 4.69) is 55.1 Å². The van der Waals surface area contributed by atoms with Crippen molar-refractivity contribution in [2.75, 3.05) is 18.5 Å². The van der Waals surface area contributed by atoms with E-state index in [1.54, 1.807) is 4.90 Å². The fourth-order valence-corrected chi connectivity index (χ4v) is 5.32. The summed E-state index contributed by atoms with van der Waals surface area (Å²) >= 11 is 9.98. The molecule has 32 heavy (non-hydrogen) atoms. The van der Waals surface area contributed by atoms with E-state index < -0.39 is 25.6 Å². The van der Waals surface area contributed by atoms with Crippen molar-refractivity contribution < 1.29 is 19.1 Å². The third-order valence-corrected chi connectivity index (χ3v) is 11.4. The van der Waals surface area contributed by atoms with Gasteiger partial charge in [-0.1, -0.05) is 32.4 Å². The van der Waals surface area contributed by atoms with Gasteiger partial charge >= 0.3 is 6.09 Å². The zero-order chi connectivity index (χ0) is 24.7. The molecule has 1 fully saturated rings. The molecule has 0 radical (unpaired) electrons. The number of nitrogens with one attached hydrogen (secondary N) is 1. The molecule has 2 rings (SSSR count). The lowest BCUT2D eigenvalue weighted by molar-refractivity contribution is -0.0000728. The van der Waals surface area contributed by atoms with Gasteiger partial charge in [-0.3, -0.25) is 4.90 Å². The lowest BCUT2D eigenvalue weighted by Gasteiger charge is -2.37. The van der Waals surface area contributed by atoms with E-state index in [4.69, 9.17) is 20.8 Å². The summed E-state index contributed by atoms with van der Waals surface area (Å²) < 4.78 is 13.0. The normalized spacial score (nSPS) is 22.1. The van der Waals surface area contributed by atoms with Crippen LogP contribution in [-0.4, -0.2) is 54.8 Å². The first-order chi connectivity index (χ1) is 14.4. The summed E-state index contributed by atoms with van der Waals surface area (Å²) in [6.45, 7) is 18.6. The van der Waals surface area contributed by atoms with Gasteiger partial charge in [0.05, 0.1) is 17.8 Å². The Kier molecular flexibility index (Phi) is 7.97. The molecule has 1 aromatic rings. The highest BCUT2D eigenvalue weighted by Gasteiger charge is 2.46. The Morgan fingerprint density at radius 2 is 1.91 bits per heavy atom. The van der Waals surface area contributed by atoms with Crippen LogP contribution in [0.3, 0.4) is 0 Å². The van der Waals surface area contributed by atoms with Gasteiger partial charge in [-0.2, -0.15) is 0 Å². The zero-order valence-corrected chi connectivity index (χ0v) is 24.1. The second-order valence-corrected chi connectivity index (χ2v) is 17.4. The van der Waals surface area contributed by atoms with Gasteiger partial charge in [0.1, 0.15) is 11.4 Å². The number of hydrogen-bond donors (Lipinski definition) is 2. The first kappa shape index (κ1) is 27.3. The van der Waals surface area contributed by atoms with Gasteiger partial charge in [0, 0.05) is 22.1 Å². The predicted octanol–water partition coefficient (Wildman–Crippen LogP) is 6.66. The van der Waals surface area contributed by atoms with Crippen LogP contribution in [0.25, 0.3) is 0 Å². The van der Waals surface area contributed by atoms with Crippen LogP contribution >= 0.6 is 27.5 Å². The predicted molar refractivity (Wildman–Crippen MR) is 137 cm³/mol. The molecular weight excluding hydrogens is 512 g/mol. The molecule has 1 aliphatic rings. The van der Waals surface area contributed by atoms with Crippen molar-refractivity contribution in [2.45, 2.75) is 90.2 Å². The molecule has 0 bridgehead atoms. The number of halogens is 2. The number of hydrogen-bond acceptors (Lipinski definition) is 5. The molecule has 1 aliphatic heterocycles. The van der Waals surface area contributed by atoms with Crippen molar-refractivity contribution in [1.82, 2.24) is 4.90 Å². The van der Waals surface area contributed by atoms with Crippen LogP contribution in [-0.2, 0) is 4.74 Å². The summed E-state index contributed by atoms with van der Waals surface area (Å²) in [6, 6.07) is 3.56. The molecule has 9 heteroatoms. The molecule has 182 valence electrons. The monoisotopic (exact) mass is 548 g/mol. The van der Waals surface area contributed by atoms with Crippen LogP contribution in [0, 0.1) is 0 Å². The van der Waals surface area contributed by atoms with Gasteiger partial charge in [0.15, 0.2) is 0 Å². The number of carbonyl (C=O) groups is 1. The van der Waals surface area contributed by atoms with Crippen molar-refractivity contribution in [1.29, 1.82) is 0 Å². The van der Waals surface area contributed by atoms with E-state index in [1.807, 2.05) is 39.8 Å². The van der Waals surface area contributed by atoms with Crippen LogP contribution < -0.4 is 9.74 Å². The summed E-state index contributed by atoms with van der Waals surface area (Å²) in [7, 11) is -2.12. The second kappa shape index (κ2) is 9.35. The third-order valence-electron chi connectivity index (χ3n) is 6.23. The van der Waals surface area contributed by atoms with Crippen molar-refractivity contribution in [3.05, 3.63) is 21.6 Å². The number of aliphatic hydroxyl groups excluding tert-OH is 1. The van der Waals surface area contributed by atoms with E-state index >= 15 is 0 Å². The Bertz CT molecular complexity index is 854. The van der Waals surface area contributed by atoms with Gasteiger partial charge in [0.25, 0.3) is 8.32 Å². The smallest absolute Gasteiger partial charge is 0.410 e. The number of rotatable bonds is 5. The zero-order valence-electron chi connectivity index (χ0n) is 20.7. The highest BCUT2D eigenvalue weighted by molar-refractivity contribution is 9.10. The average Bonchev–Trinajstić information content (AvgIpc) is 2.92. The minimum atomic E-state index is -2.12. The Morgan fingerprint density at radius 1 is 1.31 bits per heavy atom. The van der Waals surface area contributed by atoms with Crippen LogP contribution in [0.15, 0.2) is 16.6 Å². The summed E-state index contributed by atoms with van der Waals surface area (Å²) in [4.78, 5) is 14.4. The molecular formula is C23H38BrClN2O4Si. The number of likely N-dealkylation sites (tertiary alicyclic amines) is 1. The second-order valence-electron chi connectivity index (χ2n) is 11.4. The Morgan fingerprint density at radius 3 is 2.41 bits per heavy atom. The Labute approximate surface area is 207 Å². The first-order valence-corrected chi connectivity index (χ1v) is 15.0. The fraction of sp³-hybridized carbons (Fsp3) is 0.696. The van der Waals surface area contributed by atoms with Gasteiger partial charge in [-0.05, 0) is 80.3 Å². The molecule has 0 aliphatic carbocycles. The van der Waals surface area contributed by atoms with Crippen molar-refractivity contribution >= 4 is 47.6 Å². The number of anilines is 1. The maximum atomic E-state index is 12.8. The Hall–Kier alpha value is -0.963. The highest BCUT2D eigenvalue weighted by Crippen LogP contribution is 2.44. The number of carbonyl (C=O) groups excluding carboxylic acids is 1. The minimum Gasteiger partial charge on any atom is -0.542 e. The molecule has 2 N–H and O–H groups in total. The number of nitrogens with zero attached hydrogens (tertiary/aromatic N) is 1. The lowest BCUT2D eigenvalue weighted by Crippen LogP contribution is -2.49. The lowest BCUT2D eigenvalue weighted by atomic mass is 9.98. The van der Waals surface area contributed by atoms with E-state index in [0.717, 1.165) is 10.2 Å². The van der Waals surface area contributed by atoms with Crippen LogP contribution in [0.2, 0.25) is 23.2 Å². The number of ether oxygens (including phenoxy) is 1. The van der Waals surface area contributed by atoms with E-state index in [-0.39, 0.29) is 17.7 Å². The highest BCUT2D eigenvalue weighted by atomic mass is 79.9. The van der Waals surface area contributed by atoms with Gasteiger partial charge < -0.3 is 19.6 Å². The quantitative estimate of drug-likeness (QED) is 0.402. The molecule has 2 atom stereocenters. The van der Waals surface area contributed by atoms with E-state index in [1.165, 1.54) is 0 Å². The van der Waals surface area contributed by atoms with Crippen LogP contribution in [0.1, 0.15) is 54.9 Å². The summed E-state index contributed by atoms with van der Waals surface area (Å²) in [5.41, 5.74) is -0.530. The third kappa shape index (κ3) is 6.33. The minimum absolute atomic E-state index is 0.0232. The first-order valence-electron chi connectivity index (χ1n) is 10.9. The molecule has 6 nitrogen and oxygen atoms in total. The summed E-state index contributed by atoms with van der Waals surface area (Å²) in [5.74, 6) is 0.692. The molecule has 1 aromatic carbocycles. The van der Waals surface area contributed by atoms with Crippen molar-refractivity contribution in [3.63, 3.8) is 0 Å². The number of benzene rings is 1.